The van der Waals surface area contributed by atoms with Crippen molar-refractivity contribution in [3.05, 3.63) is 126 Å². The Bertz CT molecular complexity index is 1860. The normalized spacial score (nSPS) is 24.3. The van der Waals surface area contributed by atoms with E-state index < -0.39 is 72.2 Å². The molecule has 0 radical (unpaired) electrons. The maximum absolute atomic E-state index is 15.1. The van der Waals surface area contributed by atoms with Gasteiger partial charge in [0.15, 0.2) is 0 Å². The van der Waals surface area contributed by atoms with Crippen molar-refractivity contribution in [2.24, 2.45) is 11.8 Å². The molecular weight excluding hydrogens is 706 g/mol. The summed E-state index contributed by atoms with van der Waals surface area (Å²) in [6.45, 7) is 9.08. The number of allylic oxidation sites excluding steroid dienone is 1. The van der Waals surface area contributed by atoms with Gasteiger partial charge in [-0.25, -0.2) is 0 Å². The molecule has 6 rings (SSSR count). The maximum atomic E-state index is 15.1. The third-order valence-electron chi connectivity index (χ3n) is 11.3. The van der Waals surface area contributed by atoms with Crippen molar-refractivity contribution in [3.8, 4) is 0 Å². The summed E-state index contributed by atoms with van der Waals surface area (Å²) < 4.78 is 13.1. The van der Waals surface area contributed by atoms with E-state index in [2.05, 4.69) is 13.2 Å². The highest BCUT2D eigenvalue weighted by Gasteiger charge is 2.76. The van der Waals surface area contributed by atoms with E-state index in [1.165, 1.54) is 9.80 Å². The first-order valence-electron chi connectivity index (χ1n) is 18.5. The number of carbonyl (C=O) groups excluding carboxylic acids is 4. The Balaban J connectivity index is 1.39. The van der Waals surface area contributed by atoms with E-state index in [1.807, 2.05) is 67.6 Å². The molecule has 3 aromatic rings. The minimum atomic E-state index is -1.38. The fourth-order valence-electron chi connectivity index (χ4n) is 8.55. The summed E-state index contributed by atoms with van der Waals surface area (Å²) in [4.78, 5) is 62.3. The van der Waals surface area contributed by atoms with Gasteiger partial charge in [-0.1, -0.05) is 96.5 Å². The second-order valence-electron chi connectivity index (χ2n) is 14.4. The minimum absolute atomic E-state index is 0.0922. The SMILES string of the molecule is C=CCCC(=O)N(C)[C@@H](C)[C@@H](OC(=O)[C@@H]1[C@H]2C(=O)N([C@@H](CO)Cc3ccccc3)[C@H](C(=O)N(CC=C)c3ccccc3Cl)[C@]23CC[C@H]1O3)c1ccccc1. The van der Waals surface area contributed by atoms with E-state index in [0.717, 1.165) is 5.56 Å². The molecule has 10 nitrogen and oxygen atoms in total. The van der Waals surface area contributed by atoms with E-state index in [1.54, 1.807) is 48.4 Å². The molecular formula is C43H48ClN3O7. The number of esters is 1. The summed E-state index contributed by atoms with van der Waals surface area (Å²) in [6.07, 6.45) is 3.52. The lowest BCUT2D eigenvalue weighted by Gasteiger charge is -2.39. The number of likely N-dealkylation sites (tertiary alicyclic amines) is 1. The zero-order chi connectivity index (χ0) is 38.6. The second-order valence-corrected chi connectivity index (χ2v) is 14.8. The smallest absolute Gasteiger partial charge is 0.313 e. The van der Waals surface area contributed by atoms with Gasteiger partial charge >= 0.3 is 5.97 Å². The molecule has 0 aromatic heterocycles. The number of aliphatic hydroxyl groups excluding tert-OH is 1. The molecule has 0 aliphatic carbocycles. The zero-order valence-electron chi connectivity index (χ0n) is 30.8. The quantitative estimate of drug-likeness (QED) is 0.142. The average molecular weight is 754 g/mol. The Hall–Kier alpha value is -4.77. The molecule has 8 atom stereocenters. The number of amides is 3. The van der Waals surface area contributed by atoms with Gasteiger partial charge in [-0.2, -0.15) is 0 Å². The van der Waals surface area contributed by atoms with Crippen LogP contribution in [0.1, 0.15) is 49.8 Å². The number of hydrogen-bond donors (Lipinski definition) is 1. The van der Waals surface area contributed by atoms with Crippen molar-refractivity contribution >= 4 is 41.0 Å². The number of rotatable bonds is 16. The lowest BCUT2D eigenvalue weighted by atomic mass is 9.70. The molecule has 284 valence electrons. The van der Waals surface area contributed by atoms with Crippen LogP contribution in [0.25, 0.3) is 0 Å². The largest absolute Gasteiger partial charge is 0.455 e. The Morgan fingerprint density at radius 1 is 1.04 bits per heavy atom. The van der Waals surface area contributed by atoms with Gasteiger partial charge in [-0.05, 0) is 55.9 Å². The number of anilines is 1. The number of benzene rings is 3. The van der Waals surface area contributed by atoms with Crippen LogP contribution >= 0.6 is 11.6 Å². The van der Waals surface area contributed by atoms with Crippen LogP contribution in [0.4, 0.5) is 5.69 Å². The summed E-state index contributed by atoms with van der Waals surface area (Å²) in [5.74, 6) is -3.76. The van der Waals surface area contributed by atoms with Crippen LogP contribution in [0, 0.1) is 11.8 Å². The topological polar surface area (TPSA) is 117 Å². The number of ether oxygens (including phenoxy) is 2. The van der Waals surface area contributed by atoms with Gasteiger partial charge in [0.1, 0.15) is 17.7 Å². The van der Waals surface area contributed by atoms with E-state index in [-0.39, 0.29) is 25.3 Å². The lowest BCUT2D eigenvalue weighted by Crippen LogP contribution is -2.59. The molecule has 2 bridgehead atoms. The van der Waals surface area contributed by atoms with Crippen LogP contribution in [0.2, 0.25) is 5.02 Å². The Kier molecular flexibility index (Phi) is 12.1. The van der Waals surface area contributed by atoms with Crippen molar-refractivity contribution < 1.29 is 33.8 Å². The molecule has 3 aromatic carbocycles. The van der Waals surface area contributed by atoms with Gasteiger partial charge in [-0.3, -0.25) is 19.2 Å². The molecule has 11 heteroatoms. The minimum Gasteiger partial charge on any atom is -0.455 e. The standard InChI is InChI=1S/C43H48ClN3O7/c1-5-7-22-35(49)45(4)28(3)38(30-18-12-9-13-19-30)53-42(52)36-34-23-24-43(54-34)37(36)40(50)47(31(27-48)26-29-16-10-8-11-17-29)39(43)41(51)46(25-6-2)33-21-15-14-20-32(33)44/h5-6,8-21,28,31,34,36-39,48H,1-2,7,22-27H2,3-4H3/t28-,31+,34+,36-,37-,38+,39+,43-/m0/s1. The summed E-state index contributed by atoms with van der Waals surface area (Å²) >= 11 is 6.64. The van der Waals surface area contributed by atoms with Crippen molar-refractivity contribution in [3.63, 3.8) is 0 Å². The Morgan fingerprint density at radius 3 is 2.35 bits per heavy atom. The highest BCUT2D eigenvalue weighted by Crippen LogP contribution is 2.59. The molecule has 1 spiro atoms. The van der Waals surface area contributed by atoms with Crippen molar-refractivity contribution in [2.45, 2.75) is 75.0 Å². The first kappa shape index (κ1) is 38.9. The second kappa shape index (κ2) is 16.7. The Morgan fingerprint density at radius 2 is 1.70 bits per heavy atom. The first-order valence-corrected chi connectivity index (χ1v) is 18.9. The molecule has 54 heavy (non-hydrogen) atoms. The highest BCUT2D eigenvalue weighted by atomic mass is 35.5. The van der Waals surface area contributed by atoms with E-state index in [9.17, 15) is 14.7 Å². The molecule has 0 unspecified atom stereocenters. The Labute approximate surface area is 322 Å². The fraction of sp³-hybridized carbons (Fsp3) is 0.395. The predicted molar refractivity (Wildman–Crippen MR) is 206 cm³/mol. The van der Waals surface area contributed by atoms with Gasteiger partial charge in [0, 0.05) is 20.0 Å². The number of likely N-dealkylation sites (N-methyl/N-ethyl adjacent to an activating group) is 1. The van der Waals surface area contributed by atoms with Crippen molar-refractivity contribution in [1.82, 2.24) is 9.80 Å². The third-order valence-corrected chi connectivity index (χ3v) is 11.6. The van der Waals surface area contributed by atoms with Gasteiger partial charge in [0.05, 0.1) is 47.3 Å². The molecule has 3 fully saturated rings. The molecule has 3 amide bonds. The molecule has 3 aliphatic heterocycles. The van der Waals surface area contributed by atoms with Crippen LogP contribution < -0.4 is 4.90 Å². The van der Waals surface area contributed by atoms with E-state index in [0.29, 0.717) is 35.5 Å². The number of fused-ring (bicyclic) bond motifs is 1. The van der Waals surface area contributed by atoms with Gasteiger partial charge in [-0.15, -0.1) is 13.2 Å². The number of hydrogen-bond acceptors (Lipinski definition) is 7. The van der Waals surface area contributed by atoms with Gasteiger partial charge in [0.2, 0.25) is 11.8 Å². The monoisotopic (exact) mass is 753 g/mol. The summed E-state index contributed by atoms with van der Waals surface area (Å²) in [5.41, 5.74) is 0.621. The molecule has 3 heterocycles. The van der Waals surface area contributed by atoms with Crippen LogP contribution in [0.5, 0.6) is 0 Å². The molecule has 3 saturated heterocycles. The maximum Gasteiger partial charge on any atom is 0.313 e. The van der Waals surface area contributed by atoms with Crippen molar-refractivity contribution in [2.75, 3.05) is 25.1 Å². The van der Waals surface area contributed by atoms with Gasteiger partial charge < -0.3 is 29.3 Å². The number of carbonyl (C=O) groups is 4. The van der Waals surface area contributed by atoms with E-state index in [4.69, 9.17) is 21.1 Å². The summed E-state index contributed by atoms with van der Waals surface area (Å²) in [7, 11) is 1.68. The molecule has 3 aliphatic rings. The summed E-state index contributed by atoms with van der Waals surface area (Å²) in [5, 5.41) is 11.2. The van der Waals surface area contributed by atoms with E-state index >= 15 is 9.59 Å². The number of nitrogens with zero attached hydrogens (tertiary/aromatic N) is 3. The predicted octanol–water partition coefficient (Wildman–Crippen LogP) is 5.93. The van der Waals surface area contributed by atoms with Crippen LogP contribution in [0.3, 0.4) is 0 Å². The number of halogens is 1. The van der Waals surface area contributed by atoms with Gasteiger partial charge in [0.25, 0.3) is 5.91 Å². The van der Waals surface area contributed by atoms with Crippen molar-refractivity contribution in [1.29, 1.82) is 0 Å². The molecule has 1 N–H and O–H groups in total. The first-order chi connectivity index (χ1) is 26.1. The third kappa shape index (κ3) is 7.22. The summed E-state index contributed by atoms with van der Waals surface area (Å²) in [6, 6.07) is 23.0. The van der Waals surface area contributed by atoms with Crippen LogP contribution in [-0.4, -0.2) is 88.6 Å². The molecule has 0 saturated carbocycles. The highest BCUT2D eigenvalue weighted by molar-refractivity contribution is 6.34. The zero-order valence-corrected chi connectivity index (χ0v) is 31.5. The number of aliphatic hydroxyl groups is 1. The lowest BCUT2D eigenvalue weighted by molar-refractivity contribution is -0.165. The average Bonchev–Trinajstić information content (AvgIpc) is 3.84. The van der Waals surface area contributed by atoms with Crippen LogP contribution in [0.15, 0.2) is 110 Å². The fourth-order valence-corrected chi connectivity index (χ4v) is 8.78. The number of para-hydroxylation sites is 1. The van der Waals surface area contributed by atoms with Crippen LogP contribution in [-0.2, 0) is 35.1 Å².